The number of rotatable bonds is 11. The molecule has 1 aliphatic carbocycles. The Hall–Kier alpha value is 0.190. The summed E-state index contributed by atoms with van der Waals surface area (Å²) < 4.78 is 0. The van der Waals surface area contributed by atoms with Crippen LogP contribution in [-0.4, -0.2) is 29.8 Å². The second-order valence-electron chi connectivity index (χ2n) is 7.10. The molecule has 0 heterocycles. The fourth-order valence-electron chi connectivity index (χ4n) is 3.14. The van der Waals surface area contributed by atoms with E-state index in [0.717, 1.165) is 12.8 Å². The first-order valence-corrected chi connectivity index (χ1v) is 12.6. The highest BCUT2D eigenvalue weighted by molar-refractivity contribution is 7.57. The van der Waals surface area contributed by atoms with Crippen molar-refractivity contribution < 1.29 is 4.79 Å². The summed E-state index contributed by atoms with van der Waals surface area (Å²) >= 11 is 5.82. The van der Waals surface area contributed by atoms with Crippen LogP contribution < -0.4 is 5.73 Å². The van der Waals surface area contributed by atoms with Crippen molar-refractivity contribution in [2.24, 2.45) is 11.7 Å². The predicted octanol–water partition coefficient (Wildman–Crippen LogP) is 6.53. The van der Waals surface area contributed by atoms with Gasteiger partial charge in [-0.05, 0) is 56.5 Å². The summed E-state index contributed by atoms with van der Waals surface area (Å²) in [7, 11) is 0.422. The highest BCUT2D eigenvalue weighted by Gasteiger charge is 2.25. The van der Waals surface area contributed by atoms with E-state index in [1.165, 1.54) is 57.8 Å². The molecule has 1 fully saturated rings. The van der Waals surface area contributed by atoms with Gasteiger partial charge in [-0.2, -0.15) is 0 Å². The Labute approximate surface area is 157 Å². The maximum Gasteiger partial charge on any atom is 0.235 e. The molecule has 1 amide bonds. The normalized spacial score (nSPS) is 16.5. The Morgan fingerprint density at radius 3 is 1.71 bits per heavy atom. The molecular formula is C20H41ClNOP. The number of unbranched alkanes of at least 4 members (excludes halogenated alkanes) is 3. The Morgan fingerprint density at radius 1 is 0.958 bits per heavy atom. The number of halogens is 1. The van der Waals surface area contributed by atoms with E-state index in [0.29, 0.717) is 13.8 Å². The van der Waals surface area contributed by atoms with Crippen molar-refractivity contribution in [1.29, 1.82) is 0 Å². The maximum atomic E-state index is 10.7. The highest BCUT2D eigenvalue weighted by Crippen LogP contribution is 2.38. The summed E-state index contributed by atoms with van der Waals surface area (Å²) in [5.41, 5.74) is 5.10. The first kappa shape index (κ1) is 24.2. The SMILES string of the molecule is CCCCP(CCCC)CCCC.NC(=O)C(Cl)C1CCCCC1. The Morgan fingerprint density at radius 2 is 1.38 bits per heavy atom. The number of hydrogen-bond acceptors (Lipinski definition) is 1. The van der Waals surface area contributed by atoms with E-state index in [1.807, 2.05) is 0 Å². The Kier molecular flexibility index (Phi) is 16.8. The quantitative estimate of drug-likeness (QED) is 0.323. The molecule has 4 heteroatoms. The van der Waals surface area contributed by atoms with Crippen LogP contribution in [0.2, 0.25) is 0 Å². The lowest BCUT2D eigenvalue weighted by Crippen LogP contribution is -2.31. The van der Waals surface area contributed by atoms with Gasteiger partial charge in [0.25, 0.3) is 0 Å². The molecule has 2 N–H and O–H groups in total. The number of amides is 1. The van der Waals surface area contributed by atoms with E-state index in [2.05, 4.69) is 20.8 Å². The Bertz CT molecular complexity index is 276. The van der Waals surface area contributed by atoms with E-state index in [-0.39, 0.29) is 5.91 Å². The van der Waals surface area contributed by atoms with Crippen molar-refractivity contribution in [3.8, 4) is 0 Å². The molecular weight excluding hydrogens is 337 g/mol. The number of hydrogen-bond donors (Lipinski definition) is 1. The van der Waals surface area contributed by atoms with Gasteiger partial charge in [0.15, 0.2) is 0 Å². The first-order chi connectivity index (χ1) is 11.6. The second-order valence-corrected chi connectivity index (χ2v) is 10.3. The van der Waals surface area contributed by atoms with Gasteiger partial charge in [0.05, 0.1) is 0 Å². The van der Waals surface area contributed by atoms with E-state index in [9.17, 15) is 4.79 Å². The van der Waals surface area contributed by atoms with Gasteiger partial charge in [-0.1, -0.05) is 59.3 Å². The van der Waals surface area contributed by atoms with Gasteiger partial charge >= 0.3 is 0 Å². The number of carbonyl (C=O) groups is 1. The van der Waals surface area contributed by atoms with Crippen LogP contribution in [0.4, 0.5) is 0 Å². The molecule has 0 aromatic heterocycles. The molecule has 0 spiro atoms. The minimum absolute atomic E-state index is 0.336. The average molecular weight is 378 g/mol. The zero-order chi connectivity index (χ0) is 18.2. The minimum atomic E-state index is -0.435. The van der Waals surface area contributed by atoms with E-state index in [1.54, 1.807) is 18.5 Å². The Balaban J connectivity index is 0.000000446. The lowest BCUT2D eigenvalue weighted by atomic mass is 9.86. The standard InChI is InChI=1S/C12H27P.C8H14ClNO/c1-4-7-10-13(11-8-5-2)12-9-6-3;9-7(8(10)11)6-4-2-1-3-5-6/h4-12H2,1-3H3;6-7H,1-5H2,(H2,10,11). The summed E-state index contributed by atoms with van der Waals surface area (Å²) in [6.45, 7) is 6.94. The lowest BCUT2D eigenvalue weighted by molar-refractivity contribution is -0.118. The fraction of sp³-hybridized carbons (Fsp3) is 0.950. The molecule has 1 aliphatic rings. The molecule has 0 saturated heterocycles. The van der Waals surface area contributed by atoms with Crippen molar-refractivity contribution in [2.45, 2.75) is 96.8 Å². The van der Waals surface area contributed by atoms with Crippen LogP contribution in [0.15, 0.2) is 0 Å². The van der Waals surface area contributed by atoms with Crippen LogP contribution in [0.25, 0.3) is 0 Å². The van der Waals surface area contributed by atoms with Crippen molar-refractivity contribution in [3.63, 3.8) is 0 Å². The highest BCUT2D eigenvalue weighted by atomic mass is 35.5. The molecule has 0 aromatic rings. The van der Waals surface area contributed by atoms with Crippen LogP contribution in [0.1, 0.15) is 91.4 Å². The summed E-state index contributed by atoms with van der Waals surface area (Å²) in [4.78, 5) is 10.7. The molecule has 1 saturated carbocycles. The zero-order valence-electron chi connectivity index (χ0n) is 16.4. The van der Waals surface area contributed by atoms with Crippen molar-refractivity contribution in [3.05, 3.63) is 0 Å². The second kappa shape index (κ2) is 16.6. The van der Waals surface area contributed by atoms with Crippen molar-refractivity contribution in [1.82, 2.24) is 0 Å². The van der Waals surface area contributed by atoms with E-state index >= 15 is 0 Å². The van der Waals surface area contributed by atoms with Crippen LogP contribution in [0.5, 0.6) is 0 Å². The average Bonchev–Trinajstić information content (AvgIpc) is 2.61. The lowest BCUT2D eigenvalue weighted by Gasteiger charge is -2.23. The predicted molar refractivity (Wildman–Crippen MR) is 112 cm³/mol. The molecule has 1 rings (SSSR count). The van der Waals surface area contributed by atoms with Crippen LogP contribution in [0, 0.1) is 5.92 Å². The van der Waals surface area contributed by atoms with Gasteiger partial charge in [0.2, 0.25) is 5.91 Å². The van der Waals surface area contributed by atoms with Crippen LogP contribution in [0.3, 0.4) is 0 Å². The van der Waals surface area contributed by atoms with Gasteiger partial charge in [-0.3, -0.25) is 4.79 Å². The number of alkyl halides is 1. The third-order valence-corrected chi connectivity index (χ3v) is 8.24. The van der Waals surface area contributed by atoms with Crippen LogP contribution in [-0.2, 0) is 4.79 Å². The molecule has 0 aromatic carbocycles. The molecule has 0 bridgehead atoms. The first-order valence-electron chi connectivity index (χ1n) is 10.2. The van der Waals surface area contributed by atoms with Crippen LogP contribution >= 0.6 is 19.5 Å². The smallest absolute Gasteiger partial charge is 0.235 e. The van der Waals surface area contributed by atoms with Gasteiger partial charge < -0.3 is 5.73 Å². The van der Waals surface area contributed by atoms with Gasteiger partial charge in [-0.25, -0.2) is 0 Å². The number of carbonyl (C=O) groups excluding carboxylic acids is 1. The summed E-state index contributed by atoms with van der Waals surface area (Å²) in [5.74, 6) is -0.0264. The molecule has 144 valence electrons. The molecule has 0 aliphatic heterocycles. The monoisotopic (exact) mass is 377 g/mol. The largest absolute Gasteiger partial charge is 0.368 e. The summed E-state index contributed by atoms with van der Waals surface area (Å²) in [6, 6.07) is 0. The van der Waals surface area contributed by atoms with Gasteiger partial charge in [0, 0.05) is 0 Å². The summed E-state index contributed by atoms with van der Waals surface area (Å²) in [6.07, 6.45) is 19.0. The van der Waals surface area contributed by atoms with Crippen molar-refractivity contribution >= 4 is 25.4 Å². The summed E-state index contributed by atoms with van der Waals surface area (Å²) in [5, 5.41) is -0.435. The molecule has 0 radical (unpaired) electrons. The topological polar surface area (TPSA) is 43.1 Å². The number of nitrogens with two attached hydrogens (primary N) is 1. The van der Waals surface area contributed by atoms with Crippen molar-refractivity contribution in [2.75, 3.05) is 18.5 Å². The van der Waals surface area contributed by atoms with E-state index < -0.39 is 5.38 Å². The third kappa shape index (κ3) is 12.5. The molecule has 1 atom stereocenters. The molecule has 2 nitrogen and oxygen atoms in total. The maximum absolute atomic E-state index is 10.7. The van der Waals surface area contributed by atoms with E-state index in [4.69, 9.17) is 17.3 Å². The van der Waals surface area contributed by atoms with Gasteiger partial charge in [0.1, 0.15) is 5.38 Å². The molecule has 1 unspecified atom stereocenters. The number of primary amides is 1. The zero-order valence-corrected chi connectivity index (χ0v) is 18.0. The fourth-order valence-corrected chi connectivity index (χ4v) is 6.35. The third-order valence-electron chi connectivity index (χ3n) is 4.82. The minimum Gasteiger partial charge on any atom is -0.368 e. The van der Waals surface area contributed by atoms with Gasteiger partial charge in [-0.15, -0.1) is 19.5 Å². The molecule has 24 heavy (non-hydrogen) atoms.